The quantitative estimate of drug-likeness (QED) is 0.498. The predicted molar refractivity (Wildman–Crippen MR) is 106 cm³/mol. The van der Waals surface area contributed by atoms with E-state index in [1.807, 2.05) is 13.0 Å². The summed E-state index contributed by atoms with van der Waals surface area (Å²) in [5, 5.41) is 3.86. The number of halogens is 2. The summed E-state index contributed by atoms with van der Waals surface area (Å²) in [6, 6.07) is 7.70. The van der Waals surface area contributed by atoms with Crippen molar-refractivity contribution >= 4 is 16.9 Å². The molecule has 29 heavy (non-hydrogen) atoms. The third kappa shape index (κ3) is 3.93. The second-order valence-corrected chi connectivity index (χ2v) is 6.68. The second-order valence-electron chi connectivity index (χ2n) is 6.68. The van der Waals surface area contributed by atoms with Gasteiger partial charge < -0.3 is 15.0 Å². The molecular weight excluding hydrogens is 376 g/mol. The number of nitrogens with zero attached hydrogens (tertiary/aromatic N) is 3. The van der Waals surface area contributed by atoms with Gasteiger partial charge in [-0.3, -0.25) is 0 Å². The van der Waals surface area contributed by atoms with Gasteiger partial charge in [0.25, 0.3) is 0 Å². The van der Waals surface area contributed by atoms with Gasteiger partial charge in [-0.05, 0) is 36.2 Å². The lowest BCUT2D eigenvalue weighted by molar-refractivity contribution is 0.185. The molecule has 3 aromatic heterocycles. The summed E-state index contributed by atoms with van der Waals surface area (Å²) >= 11 is 0. The molecule has 0 bridgehead atoms. The van der Waals surface area contributed by atoms with Crippen molar-refractivity contribution in [2.24, 2.45) is 0 Å². The van der Waals surface area contributed by atoms with Crippen LogP contribution in [0.3, 0.4) is 0 Å². The molecule has 0 amide bonds. The van der Waals surface area contributed by atoms with Gasteiger partial charge in [0.15, 0.2) is 17.5 Å². The van der Waals surface area contributed by atoms with E-state index >= 15 is 0 Å². The molecule has 0 saturated heterocycles. The molecule has 0 saturated carbocycles. The van der Waals surface area contributed by atoms with Crippen LogP contribution in [0.4, 0.5) is 14.6 Å². The van der Waals surface area contributed by atoms with Gasteiger partial charge in [0.2, 0.25) is 0 Å². The lowest BCUT2D eigenvalue weighted by Crippen LogP contribution is -2.10. The number of benzene rings is 1. The largest absolute Gasteiger partial charge is 0.380 e. The van der Waals surface area contributed by atoms with E-state index in [9.17, 15) is 8.78 Å². The number of aromatic nitrogens is 4. The van der Waals surface area contributed by atoms with Crippen LogP contribution in [0.1, 0.15) is 24.1 Å². The fourth-order valence-electron chi connectivity index (χ4n) is 3.12. The van der Waals surface area contributed by atoms with Crippen LogP contribution in [0.2, 0.25) is 0 Å². The number of anilines is 1. The summed E-state index contributed by atoms with van der Waals surface area (Å²) < 4.78 is 32.6. The van der Waals surface area contributed by atoms with Crippen LogP contribution in [0, 0.1) is 11.6 Å². The maximum absolute atomic E-state index is 14.3. The highest BCUT2D eigenvalue weighted by Crippen LogP contribution is 2.28. The molecule has 1 aromatic carbocycles. The monoisotopic (exact) mass is 395 g/mol. The van der Waals surface area contributed by atoms with Crippen molar-refractivity contribution in [3.8, 4) is 11.4 Å². The molecule has 1 atom stereocenters. The molecule has 4 rings (SSSR count). The van der Waals surface area contributed by atoms with Gasteiger partial charge >= 0.3 is 0 Å². The summed E-state index contributed by atoms with van der Waals surface area (Å²) in [6.45, 7) is 2.28. The number of nitrogens with one attached hydrogen (secondary N) is 2. The summed E-state index contributed by atoms with van der Waals surface area (Å²) in [7, 11) is 1.62. The molecule has 8 heteroatoms. The zero-order valence-corrected chi connectivity index (χ0v) is 15.9. The van der Waals surface area contributed by atoms with Crippen LogP contribution >= 0.6 is 0 Å². The SMILES string of the molecule is COCc1cnc2[nH]cc(-c3ncc(F)c(N[C@@H](C)c4ccc(F)cc4)n3)c2c1. The Morgan fingerprint density at radius 2 is 1.93 bits per heavy atom. The van der Waals surface area contributed by atoms with Crippen molar-refractivity contribution in [1.82, 2.24) is 19.9 Å². The topological polar surface area (TPSA) is 75.7 Å². The normalized spacial score (nSPS) is 12.3. The molecule has 0 unspecified atom stereocenters. The third-order valence-corrected chi connectivity index (χ3v) is 4.61. The highest BCUT2D eigenvalue weighted by molar-refractivity contribution is 5.92. The number of aromatic amines is 1. The summed E-state index contributed by atoms with van der Waals surface area (Å²) in [5.74, 6) is -0.456. The number of fused-ring (bicyclic) bond motifs is 1. The minimum absolute atomic E-state index is 0.0715. The molecule has 0 spiro atoms. The summed E-state index contributed by atoms with van der Waals surface area (Å²) in [6.07, 6.45) is 4.61. The first-order valence-electron chi connectivity index (χ1n) is 9.05. The second kappa shape index (κ2) is 7.92. The van der Waals surface area contributed by atoms with E-state index in [0.717, 1.165) is 22.7 Å². The minimum Gasteiger partial charge on any atom is -0.380 e. The van der Waals surface area contributed by atoms with Gasteiger partial charge in [-0.2, -0.15) is 0 Å². The van der Waals surface area contributed by atoms with Crippen LogP contribution in [0.5, 0.6) is 0 Å². The lowest BCUT2D eigenvalue weighted by atomic mass is 10.1. The molecular formula is C21H19F2N5O. The molecule has 0 aliphatic heterocycles. The van der Waals surface area contributed by atoms with E-state index in [4.69, 9.17) is 4.74 Å². The molecule has 0 aliphatic carbocycles. The minimum atomic E-state index is -0.569. The van der Waals surface area contributed by atoms with E-state index in [2.05, 4.69) is 25.3 Å². The number of H-pyrrole nitrogens is 1. The molecule has 4 aromatic rings. The Balaban J connectivity index is 1.67. The first-order valence-corrected chi connectivity index (χ1v) is 9.05. The molecule has 148 valence electrons. The average Bonchev–Trinajstić information content (AvgIpc) is 3.14. The predicted octanol–water partition coefficient (Wildman–Crippen LogP) is 4.62. The first-order chi connectivity index (χ1) is 14.0. The number of pyridine rings is 1. The Kier molecular flexibility index (Phi) is 5.18. The van der Waals surface area contributed by atoms with E-state index in [0.29, 0.717) is 23.6 Å². The standard InChI is InChI=1S/C21H19F2N5O/c1-12(14-3-5-15(22)6-4-14)27-21-18(23)10-26-20(28-21)17-9-25-19-16(17)7-13(8-24-19)11-29-2/h3-10,12H,11H2,1-2H3,(H,24,25)(H,26,27,28)/t12-/m0/s1. The van der Waals surface area contributed by atoms with E-state index < -0.39 is 5.82 Å². The molecule has 3 heterocycles. The highest BCUT2D eigenvalue weighted by atomic mass is 19.1. The summed E-state index contributed by atoms with van der Waals surface area (Å²) in [4.78, 5) is 16.0. The van der Waals surface area contributed by atoms with Gasteiger partial charge in [-0.25, -0.2) is 23.7 Å². The molecule has 0 fully saturated rings. The van der Waals surface area contributed by atoms with Crippen molar-refractivity contribution < 1.29 is 13.5 Å². The van der Waals surface area contributed by atoms with Crippen molar-refractivity contribution in [2.75, 3.05) is 12.4 Å². The van der Waals surface area contributed by atoms with Crippen molar-refractivity contribution in [2.45, 2.75) is 19.6 Å². The lowest BCUT2D eigenvalue weighted by Gasteiger charge is -2.16. The Bertz CT molecular complexity index is 1140. The highest BCUT2D eigenvalue weighted by Gasteiger charge is 2.15. The van der Waals surface area contributed by atoms with E-state index in [1.54, 1.807) is 31.6 Å². The van der Waals surface area contributed by atoms with Crippen molar-refractivity contribution in [3.63, 3.8) is 0 Å². The number of hydrogen-bond donors (Lipinski definition) is 2. The zero-order valence-electron chi connectivity index (χ0n) is 15.9. The van der Waals surface area contributed by atoms with Gasteiger partial charge in [0.05, 0.1) is 18.8 Å². The zero-order chi connectivity index (χ0) is 20.4. The number of hydrogen-bond acceptors (Lipinski definition) is 5. The molecule has 0 radical (unpaired) electrons. The van der Waals surface area contributed by atoms with Crippen LogP contribution in [-0.4, -0.2) is 27.0 Å². The maximum atomic E-state index is 14.3. The van der Waals surface area contributed by atoms with Gasteiger partial charge in [0.1, 0.15) is 11.5 Å². The number of rotatable bonds is 6. The van der Waals surface area contributed by atoms with Crippen molar-refractivity contribution in [3.05, 3.63) is 71.7 Å². The number of methoxy groups -OCH3 is 1. The van der Waals surface area contributed by atoms with Crippen LogP contribution in [-0.2, 0) is 11.3 Å². The Morgan fingerprint density at radius 3 is 2.69 bits per heavy atom. The fraction of sp³-hybridized carbons (Fsp3) is 0.190. The average molecular weight is 395 g/mol. The Hall–Kier alpha value is -3.39. The Labute approximate surface area is 166 Å². The van der Waals surface area contributed by atoms with Gasteiger partial charge in [-0.15, -0.1) is 0 Å². The van der Waals surface area contributed by atoms with Crippen LogP contribution < -0.4 is 5.32 Å². The van der Waals surface area contributed by atoms with E-state index in [-0.39, 0.29) is 17.7 Å². The maximum Gasteiger partial charge on any atom is 0.183 e. The fourth-order valence-corrected chi connectivity index (χ4v) is 3.12. The molecule has 0 aliphatic rings. The van der Waals surface area contributed by atoms with Gasteiger partial charge in [0, 0.05) is 30.5 Å². The Morgan fingerprint density at radius 1 is 1.14 bits per heavy atom. The number of ether oxygens (including phenoxy) is 1. The van der Waals surface area contributed by atoms with Gasteiger partial charge in [-0.1, -0.05) is 12.1 Å². The summed E-state index contributed by atoms with van der Waals surface area (Å²) in [5.41, 5.74) is 3.11. The van der Waals surface area contributed by atoms with Crippen LogP contribution in [0.25, 0.3) is 22.4 Å². The molecule has 2 N–H and O–H groups in total. The van der Waals surface area contributed by atoms with Crippen molar-refractivity contribution in [1.29, 1.82) is 0 Å². The van der Waals surface area contributed by atoms with Crippen LogP contribution in [0.15, 0.2) is 48.9 Å². The van der Waals surface area contributed by atoms with E-state index in [1.165, 1.54) is 12.1 Å². The first kappa shape index (κ1) is 18.9. The third-order valence-electron chi connectivity index (χ3n) is 4.61. The molecule has 6 nitrogen and oxygen atoms in total. The smallest absolute Gasteiger partial charge is 0.183 e.